The van der Waals surface area contributed by atoms with E-state index >= 15 is 0 Å². The fraction of sp³-hybridized carbons (Fsp3) is 0.385. The summed E-state index contributed by atoms with van der Waals surface area (Å²) in [5.41, 5.74) is 1.29. The van der Waals surface area contributed by atoms with Crippen molar-refractivity contribution in [3.05, 3.63) is 29.5 Å². The number of hydrogen-bond donors (Lipinski definition) is 2. The summed E-state index contributed by atoms with van der Waals surface area (Å²) in [5.74, 6) is -0.0644. The second-order valence-corrected chi connectivity index (χ2v) is 5.32. The van der Waals surface area contributed by atoms with Crippen LogP contribution in [0.5, 0.6) is 0 Å². The summed E-state index contributed by atoms with van der Waals surface area (Å²) in [6, 6.07) is 5.08. The zero-order valence-corrected chi connectivity index (χ0v) is 12.0. The monoisotopic (exact) mass is 306 g/mol. The number of anilines is 1. The molecule has 0 radical (unpaired) electrons. The highest BCUT2D eigenvalue weighted by Crippen LogP contribution is 2.25. The molecule has 8 heteroatoms. The van der Waals surface area contributed by atoms with Crippen LogP contribution in [0.4, 0.5) is 5.69 Å². The second-order valence-electron chi connectivity index (χ2n) is 4.91. The van der Waals surface area contributed by atoms with E-state index in [0.717, 1.165) is 31.5 Å². The van der Waals surface area contributed by atoms with E-state index in [1.54, 1.807) is 18.2 Å². The Morgan fingerprint density at radius 2 is 2.33 bits per heavy atom. The zero-order chi connectivity index (χ0) is 14.7. The number of tetrazole rings is 1. The number of benzene rings is 1. The molecule has 2 heterocycles. The molecule has 21 heavy (non-hydrogen) atoms. The lowest BCUT2D eigenvalue weighted by atomic mass is 10.0. The molecule has 110 valence electrons. The molecule has 3 rings (SSSR count). The van der Waals surface area contributed by atoms with Crippen LogP contribution < -0.4 is 10.6 Å². The van der Waals surface area contributed by atoms with E-state index in [9.17, 15) is 4.79 Å². The molecular weight excluding hydrogens is 292 g/mol. The van der Waals surface area contributed by atoms with Crippen LogP contribution in [-0.2, 0) is 4.79 Å². The molecule has 1 atom stereocenters. The highest BCUT2D eigenvalue weighted by Gasteiger charge is 2.21. The smallest absolute Gasteiger partial charge is 0.241 e. The van der Waals surface area contributed by atoms with E-state index < -0.39 is 0 Å². The van der Waals surface area contributed by atoms with E-state index in [1.165, 1.54) is 11.0 Å². The summed E-state index contributed by atoms with van der Waals surface area (Å²) in [6.45, 7) is 0.872. The van der Waals surface area contributed by atoms with Crippen LogP contribution in [0.15, 0.2) is 24.5 Å². The number of nitrogens with one attached hydrogen (secondary N) is 2. The van der Waals surface area contributed by atoms with Crippen LogP contribution in [-0.4, -0.2) is 38.7 Å². The summed E-state index contributed by atoms with van der Waals surface area (Å²) in [6.07, 6.45) is 4.50. The fourth-order valence-corrected chi connectivity index (χ4v) is 2.49. The molecule has 0 bridgehead atoms. The van der Waals surface area contributed by atoms with Crippen LogP contribution in [0.25, 0.3) is 5.69 Å². The van der Waals surface area contributed by atoms with Gasteiger partial charge in [-0.15, -0.1) is 5.10 Å². The molecule has 1 amide bonds. The molecule has 0 saturated carbocycles. The van der Waals surface area contributed by atoms with Gasteiger partial charge >= 0.3 is 0 Å². The van der Waals surface area contributed by atoms with Crippen molar-refractivity contribution in [3.63, 3.8) is 0 Å². The molecule has 0 spiro atoms. The van der Waals surface area contributed by atoms with Crippen molar-refractivity contribution in [1.82, 2.24) is 25.5 Å². The number of rotatable bonds is 3. The first kappa shape index (κ1) is 14.0. The highest BCUT2D eigenvalue weighted by molar-refractivity contribution is 6.33. The molecule has 1 aliphatic rings. The number of halogens is 1. The second kappa shape index (κ2) is 6.19. The number of amides is 1. The lowest BCUT2D eigenvalue weighted by Gasteiger charge is -2.22. The number of nitrogens with zero attached hydrogens (tertiary/aromatic N) is 4. The van der Waals surface area contributed by atoms with Gasteiger partial charge in [-0.2, -0.15) is 0 Å². The molecule has 2 aromatic rings. The van der Waals surface area contributed by atoms with Gasteiger partial charge in [0.1, 0.15) is 6.33 Å². The number of carbonyl (C=O) groups is 1. The third-order valence-electron chi connectivity index (χ3n) is 3.45. The molecule has 0 aliphatic carbocycles. The summed E-state index contributed by atoms with van der Waals surface area (Å²) in [4.78, 5) is 12.2. The molecule has 1 aromatic heterocycles. The molecular formula is C13H15ClN6O. The van der Waals surface area contributed by atoms with Gasteiger partial charge < -0.3 is 10.6 Å². The van der Waals surface area contributed by atoms with Crippen molar-refractivity contribution >= 4 is 23.2 Å². The Hall–Kier alpha value is -1.99. The van der Waals surface area contributed by atoms with Gasteiger partial charge in [0.2, 0.25) is 5.91 Å². The van der Waals surface area contributed by atoms with Crippen molar-refractivity contribution in [1.29, 1.82) is 0 Å². The highest BCUT2D eigenvalue weighted by atomic mass is 35.5. The zero-order valence-electron chi connectivity index (χ0n) is 11.3. The van der Waals surface area contributed by atoms with Gasteiger partial charge in [0, 0.05) is 0 Å². The van der Waals surface area contributed by atoms with Crippen molar-refractivity contribution in [2.75, 3.05) is 11.9 Å². The van der Waals surface area contributed by atoms with Gasteiger partial charge in [0.05, 0.1) is 22.4 Å². The van der Waals surface area contributed by atoms with Crippen LogP contribution >= 0.6 is 11.6 Å². The minimum Gasteiger partial charge on any atom is -0.323 e. The van der Waals surface area contributed by atoms with Gasteiger partial charge in [-0.3, -0.25) is 4.79 Å². The predicted molar refractivity (Wildman–Crippen MR) is 78.4 cm³/mol. The van der Waals surface area contributed by atoms with Gasteiger partial charge in [0.15, 0.2) is 0 Å². The minimum atomic E-state index is -0.161. The van der Waals surface area contributed by atoms with E-state index in [1.807, 2.05) is 0 Å². The maximum absolute atomic E-state index is 12.2. The molecule has 1 saturated heterocycles. The number of hydrogen-bond acceptors (Lipinski definition) is 5. The Kier molecular flexibility index (Phi) is 4.12. The van der Waals surface area contributed by atoms with Crippen LogP contribution in [0, 0.1) is 0 Å². The maximum Gasteiger partial charge on any atom is 0.241 e. The van der Waals surface area contributed by atoms with Gasteiger partial charge in [-0.25, -0.2) is 4.68 Å². The summed E-state index contributed by atoms with van der Waals surface area (Å²) in [7, 11) is 0. The Balaban J connectivity index is 1.78. The summed E-state index contributed by atoms with van der Waals surface area (Å²) >= 11 is 6.14. The standard InChI is InChI=1S/C13H15ClN6O/c14-10-5-4-9(20-8-16-18-19-20)7-12(10)17-13(21)11-3-1-2-6-15-11/h4-5,7-8,11,15H,1-3,6H2,(H,17,21)/t11-/m1/s1. The summed E-state index contributed by atoms with van der Waals surface area (Å²) < 4.78 is 1.50. The van der Waals surface area contributed by atoms with E-state index in [2.05, 4.69) is 26.2 Å². The van der Waals surface area contributed by atoms with Crippen LogP contribution in [0.1, 0.15) is 19.3 Å². The topological polar surface area (TPSA) is 84.7 Å². The summed E-state index contributed by atoms with van der Waals surface area (Å²) in [5, 5.41) is 17.5. The van der Waals surface area contributed by atoms with Crippen LogP contribution in [0.3, 0.4) is 0 Å². The average Bonchev–Trinajstić information content (AvgIpc) is 3.04. The molecule has 0 unspecified atom stereocenters. The number of aromatic nitrogens is 4. The first-order valence-electron chi connectivity index (χ1n) is 6.81. The van der Waals surface area contributed by atoms with Gasteiger partial charge in [0.25, 0.3) is 0 Å². The Bertz CT molecular complexity index is 624. The van der Waals surface area contributed by atoms with Gasteiger partial charge in [-0.1, -0.05) is 18.0 Å². The molecule has 1 fully saturated rings. The van der Waals surface area contributed by atoms with Crippen molar-refractivity contribution < 1.29 is 4.79 Å². The normalized spacial score (nSPS) is 18.4. The molecule has 2 N–H and O–H groups in total. The number of piperidine rings is 1. The Morgan fingerprint density at radius 3 is 3.05 bits per heavy atom. The number of carbonyl (C=O) groups excluding carboxylic acids is 1. The van der Waals surface area contributed by atoms with Gasteiger partial charge in [-0.05, 0) is 48.0 Å². The lowest BCUT2D eigenvalue weighted by Crippen LogP contribution is -2.43. The van der Waals surface area contributed by atoms with Crippen molar-refractivity contribution in [2.45, 2.75) is 25.3 Å². The molecule has 1 aliphatic heterocycles. The van der Waals surface area contributed by atoms with E-state index in [4.69, 9.17) is 11.6 Å². The predicted octanol–water partition coefficient (Wildman–Crippen LogP) is 1.40. The van der Waals surface area contributed by atoms with Crippen molar-refractivity contribution in [3.8, 4) is 5.69 Å². The first-order chi connectivity index (χ1) is 10.2. The van der Waals surface area contributed by atoms with E-state index in [0.29, 0.717) is 10.7 Å². The lowest BCUT2D eigenvalue weighted by molar-refractivity contribution is -0.118. The molecule has 1 aromatic carbocycles. The largest absolute Gasteiger partial charge is 0.323 e. The maximum atomic E-state index is 12.2. The van der Waals surface area contributed by atoms with Crippen LogP contribution in [0.2, 0.25) is 5.02 Å². The Labute approximate surface area is 126 Å². The first-order valence-corrected chi connectivity index (χ1v) is 7.19. The van der Waals surface area contributed by atoms with Crippen molar-refractivity contribution in [2.24, 2.45) is 0 Å². The fourth-order valence-electron chi connectivity index (χ4n) is 2.33. The third-order valence-corrected chi connectivity index (χ3v) is 3.78. The van der Waals surface area contributed by atoms with E-state index in [-0.39, 0.29) is 11.9 Å². The quantitative estimate of drug-likeness (QED) is 0.895. The SMILES string of the molecule is O=C(Nc1cc(-n2cnnn2)ccc1Cl)[C@H]1CCCCN1. The Morgan fingerprint density at radius 1 is 1.43 bits per heavy atom. The molecule has 7 nitrogen and oxygen atoms in total. The minimum absolute atomic E-state index is 0.0644. The third kappa shape index (κ3) is 3.20. The average molecular weight is 307 g/mol.